The summed E-state index contributed by atoms with van der Waals surface area (Å²) < 4.78 is 17.2. The highest BCUT2D eigenvalue weighted by Gasteiger charge is 2.13. The number of nitrogens with one attached hydrogen (secondary N) is 2. The Morgan fingerprint density at radius 1 is 1.43 bits per heavy atom. The van der Waals surface area contributed by atoms with E-state index in [-0.39, 0.29) is 19.3 Å². The van der Waals surface area contributed by atoms with Crippen molar-refractivity contribution in [1.29, 1.82) is 0 Å². The number of ether oxygens (including phenoxy) is 1. The van der Waals surface area contributed by atoms with Crippen molar-refractivity contribution >= 4 is 11.7 Å². The number of amides is 2. The highest BCUT2D eigenvalue weighted by atomic mass is 19.1. The maximum Gasteiger partial charge on any atom is 0.319 e. The monoisotopic (exact) mass is 298 g/mol. The van der Waals surface area contributed by atoms with Gasteiger partial charge in [0.15, 0.2) is 0 Å². The SMILES string of the molecule is CC(C)CC(CO)NC(=O)Nc1cccc(OCCF)c1. The lowest BCUT2D eigenvalue weighted by Crippen LogP contribution is -2.40. The molecule has 0 heterocycles. The average molecular weight is 298 g/mol. The summed E-state index contributed by atoms with van der Waals surface area (Å²) in [5, 5.41) is 14.6. The molecule has 6 heteroatoms. The minimum atomic E-state index is -0.564. The lowest BCUT2D eigenvalue weighted by molar-refractivity contribution is 0.214. The van der Waals surface area contributed by atoms with Crippen molar-refractivity contribution < 1.29 is 19.0 Å². The quantitative estimate of drug-likeness (QED) is 0.691. The van der Waals surface area contributed by atoms with Gasteiger partial charge in [-0.15, -0.1) is 0 Å². The largest absolute Gasteiger partial charge is 0.491 e. The number of hydrogen-bond donors (Lipinski definition) is 3. The second-order valence-corrected chi connectivity index (χ2v) is 5.17. The van der Waals surface area contributed by atoms with Gasteiger partial charge in [0.25, 0.3) is 0 Å². The number of halogens is 1. The maximum absolute atomic E-state index is 12.0. The Balaban J connectivity index is 2.53. The molecule has 1 aromatic rings. The van der Waals surface area contributed by atoms with Crippen LogP contribution >= 0.6 is 0 Å². The van der Waals surface area contributed by atoms with Gasteiger partial charge in [0.1, 0.15) is 19.0 Å². The normalized spacial score (nSPS) is 12.0. The molecule has 21 heavy (non-hydrogen) atoms. The predicted octanol–water partition coefficient (Wildman–Crippen LogP) is 2.56. The van der Waals surface area contributed by atoms with E-state index in [1.807, 2.05) is 13.8 Å². The van der Waals surface area contributed by atoms with E-state index >= 15 is 0 Å². The van der Waals surface area contributed by atoms with Crippen LogP contribution in [0.15, 0.2) is 24.3 Å². The van der Waals surface area contributed by atoms with Crippen molar-refractivity contribution in [2.24, 2.45) is 5.92 Å². The average Bonchev–Trinajstić information content (AvgIpc) is 2.44. The van der Waals surface area contributed by atoms with E-state index in [0.717, 1.165) is 0 Å². The molecule has 0 aromatic heterocycles. The fourth-order valence-electron chi connectivity index (χ4n) is 1.92. The lowest BCUT2D eigenvalue weighted by atomic mass is 10.0. The van der Waals surface area contributed by atoms with Crippen LogP contribution in [0.5, 0.6) is 5.75 Å². The summed E-state index contributed by atoms with van der Waals surface area (Å²) in [7, 11) is 0. The number of alkyl halides is 1. The summed E-state index contributed by atoms with van der Waals surface area (Å²) in [6, 6.07) is 6.05. The topological polar surface area (TPSA) is 70.6 Å². The van der Waals surface area contributed by atoms with E-state index in [1.54, 1.807) is 24.3 Å². The minimum absolute atomic E-state index is 0.0172. The van der Waals surface area contributed by atoms with Crippen LogP contribution in [0.3, 0.4) is 0 Å². The summed E-state index contributed by atoms with van der Waals surface area (Å²) in [5.74, 6) is 0.867. The van der Waals surface area contributed by atoms with E-state index in [0.29, 0.717) is 23.8 Å². The Labute approximate surface area is 124 Å². The molecule has 0 fully saturated rings. The van der Waals surface area contributed by atoms with Crippen LogP contribution in [0.1, 0.15) is 20.3 Å². The predicted molar refractivity (Wildman–Crippen MR) is 80.4 cm³/mol. The molecule has 0 radical (unpaired) electrons. The molecule has 0 saturated carbocycles. The van der Waals surface area contributed by atoms with Crippen LogP contribution in [0.25, 0.3) is 0 Å². The van der Waals surface area contributed by atoms with E-state index in [4.69, 9.17) is 4.74 Å². The standard InChI is InChI=1S/C15H23FN2O3/c1-11(2)8-13(10-19)18-15(20)17-12-4-3-5-14(9-12)21-7-6-16/h3-5,9,11,13,19H,6-8,10H2,1-2H3,(H2,17,18,20). The molecule has 0 saturated heterocycles. The first-order valence-electron chi connectivity index (χ1n) is 7.02. The van der Waals surface area contributed by atoms with Crippen molar-refractivity contribution in [3.63, 3.8) is 0 Å². The van der Waals surface area contributed by atoms with Crippen LogP contribution in [0, 0.1) is 5.92 Å². The van der Waals surface area contributed by atoms with Gasteiger partial charge in [-0.1, -0.05) is 19.9 Å². The van der Waals surface area contributed by atoms with Crippen molar-refractivity contribution in [1.82, 2.24) is 5.32 Å². The molecule has 2 amide bonds. The number of rotatable bonds is 8. The summed E-state index contributed by atoms with van der Waals surface area (Å²) >= 11 is 0. The zero-order valence-electron chi connectivity index (χ0n) is 12.4. The molecule has 118 valence electrons. The Bertz CT molecular complexity index is 441. The third-order valence-corrected chi connectivity index (χ3v) is 2.75. The molecule has 1 unspecified atom stereocenters. The first kappa shape index (κ1) is 17.2. The first-order chi connectivity index (χ1) is 10.0. The molecule has 0 bridgehead atoms. The van der Waals surface area contributed by atoms with Crippen molar-refractivity contribution in [2.45, 2.75) is 26.3 Å². The Morgan fingerprint density at radius 3 is 2.81 bits per heavy atom. The third-order valence-electron chi connectivity index (χ3n) is 2.75. The zero-order valence-corrected chi connectivity index (χ0v) is 12.4. The molecule has 1 rings (SSSR count). The molecule has 0 aliphatic rings. The van der Waals surface area contributed by atoms with Crippen molar-refractivity contribution in [3.05, 3.63) is 24.3 Å². The number of urea groups is 1. The first-order valence-corrected chi connectivity index (χ1v) is 7.02. The highest BCUT2D eigenvalue weighted by Crippen LogP contribution is 2.17. The van der Waals surface area contributed by atoms with Gasteiger partial charge in [-0.3, -0.25) is 0 Å². The van der Waals surface area contributed by atoms with Gasteiger partial charge >= 0.3 is 6.03 Å². The number of aliphatic hydroxyl groups is 1. The van der Waals surface area contributed by atoms with Crippen molar-refractivity contribution in [3.8, 4) is 5.75 Å². The van der Waals surface area contributed by atoms with Crippen LogP contribution in [-0.2, 0) is 0 Å². The maximum atomic E-state index is 12.0. The van der Waals surface area contributed by atoms with Gasteiger partial charge in [0.05, 0.1) is 12.6 Å². The van der Waals surface area contributed by atoms with E-state index in [1.165, 1.54) is 0 Å². The summed E-state index contributed by atoms with van der Waals surface area (Å²) in [5.41, 5.74) is 0.546. The second-order valence-electron chi connectivity index (χ2n) is 5.17. The van der Waals surface area contributed by atoms with Gasteiger partial charge in [-0.05, 0) is 24.5 Å². The van der Waals surface area contributed by atoms with Crippen LogP contribution in [0.2, 0.25) is 0 Å². The molecule has 1 aromatic carbocycles. The molecular formula is C15H23FN2O3. The summed E-state index contributed by atoms with van der Waals surface area (Å²) in [4.78, 5) is 11.9. The van der Waals surface area contributed by atoms with Crippen molar-refractivity contribution in [2.75, 3.05) is 25.2 Å². The smallest absolute Gasteiger partial charge is 0.319 e. The number of anilines is 1. The highest BCUT2D eigenvalue weighted by molar-refractivity contribution is 5.89. The van der Waals surface area contributed by atoms with Gasteiger partial charge in [0.2, 0.25) is 0 Å². The number of benzene rings is 1. The van der Waals surface area contributed by atoms with Gasteiger partial charge in [-0.25, -0.2) is 9.18 Å². The van der Waals surface area contributed by atoms with E-state index in [2.05, 4.69) is 10.6 Å². The minimum Gasteiger partial charge on any atom is -0.491 e. The molecule has 3 N–H and O–H groups in total. The molecule has 1 atom stereocenters. The number of aliphatic hydroxyl groups excluding tert-OH is 1. The Hall–Kier alpha value is -1.82. The van der Waals surface area contributed by atoms with E-state index in [9.17, 15) is 14.3 Å². The van der Waals surface area contributed by atoms with Crippen LogP contribution in [0.4, 0.5) is 14.9 Å². The fourth-order valence-corrected chi connectivity index (χ4v) is 1.92. The zero-order chi connectivity index (χ0) is 15.7. The summed E-state index contributed by atoms with van der Waals surface area (Å²) in [6.07, 6.45) is 0.698. The fraction of sp³-hybridized carbons (Fsp3) is 0.533. The van der Waals surface area contributed by atoms with Gasteiger partial charge in [0, 0.05) is 11.8 Å². The Morgan fingerprint density at radius 2 is 2.19 bits per heavy atom. The number of hydrogen-bond acceptors (Lipinski definition) is 3. The number of carbonyl (C=O) groups is 1. The van der Waals surface area contributed by atoms with Crippen LogP contribution < -0.4 is 15.4 Å². The molecule has 0 spiro atoms. The second kappa shape index (κ2) is 9.18. The Kier molecular flexibility index (Phi) is 7.53. The lowest BCUT2D eigenvalue weighted by Gasteiger charge is -2.18. The van der Waals surface area contributed by atoms with Gasteiger partial charge in [-0.2, -0.15) is 0 Å². The molecule has 0 aliphatic heterocycles. The molecular weight excluding hydrogens is 275 g/mol. The van der Waals surface area contributed by atoms with E-state index < -0.39 is 12.7 Å². The number of carbonyl (C=O) groups excluding carboxylic acids is 1. The van der Waals surface area contributed by atoms with Crippen LogP contribution in [-0.4, -0.2) is 37.1 Å². The summed E-state index contributed by atoms with van der Waals surface area (Å²) in [6.45, 7) is 3.36. The third kappa shape index (κ3) is 6.94. The molecule has 0 aliphatic carbocycles. The molecule has 5 nitrogen and oxygen atoms in total. The van der Waals surface area contributed by atoms with Gasteiger partial charge < -0.3 is 20.5 Å².